The average molecular weight is 721 g/mol. The third kappa shape index (κ3) is 41.9. The van der Waals surface area contributed by atoms with Gasteiger partial charge in [0.2, 0.25) is 0 Å². The number of ether oxygens (including phenoxy) is 3. The van der Waals surface area contributed by atoms with Crippen molar-refractivity contribution in [2.45, 2.75) is 214 Å². The van der Waals surface area contributed by atoms with Gasteiger partial charge in [0.25, 0.3) is 0 Å². The first kappa shape index (κ1) is 50.3. The zero-order valence-corrected chi connectivity index (χ0v) is 35.2. The van der Waals surface area contributed by atoms with Crippen molar-refractivity contribution in [2.24, 2.45) is 0 Å². The largest absolute Gasteiger partial charge is 0.379 e. The first-order valence-electron chi connectivity index (χ1n) is 22.8. The van der Waals surface area contributed by atoms with Crippen molar-refractivity contribution in [3.63, 3.8) is 0 Å². The number of hydrogen-bond donors (Lipinski definition) is 1. The maximum atomic E-state index is 6.17. The van der Waals surface area contributed by atoms with Gasteiger partial charge in [-0.1, -0.05) is 168 Å². The summed E-state index contributed by atoms with van der Waals surface area (Å²) in [6.45, 7) is 16.7. The fourth-order valence-electron chi connectivity index (χ4n) is 6.50. The molecule has 0 aliphatic rings. The molecule has 0 aliphatic heterocycles. The van der Waals surface area contributed by atoms with Gasteiger partial charge in [-0.2, -0.15) is 0 Å². The van der Waals surface area contributed by atoms with Crippen molar-refractivity contribution in [1.82, 2.24) is 10.2 Å². The van der Waals surface area contributed by atoms with Crippen LogP contribution in [0.25, 0.3) is 0 Å². The molecule has 0 heterocycles. The fraction of sp³-hybridized carbons (Fsp3) is 0.913. The first-order valence-corrected chi connectivity index (χ1v) is 22.8. The van der Waals surface area contributed by atoms with Crippen LogP contribution in [-0.2, 0) is 14.2 Å². The van der Waals surface area contributed by atoms with Crippen LogP contribution in [0.15, 0.2) is 24.3 Å². The van der Waals surface area contributed by atoms with E-state index in [2.05, 4.69) is 62.2 Å². The Morgan fingerprint density at radius 3 is 1.18 bits per heavy atom. The molecule has 0 rings (SSSR count). The number of nitrogens with zero attached hydrogens (tertiary/aromatic N) is 1. The average Bonchev–Trinajstić information content (AvgIpc) is 3.14. The van der Waals surface area contributed by atoms with Gasteiger partial charge in [-0.3, -0.25) is 5.32 Å². The summed E-state index contributed by atoms with van der Waals surface area (Å²) < 4.78 is 18.3. The van der Waals surface area contributed by atoms with E-state index in [1.165, 1.54) is 167 Å². The van der Waals surface area contributed by atoms with Crippen LogP contribution in [0.4, 0.5) is 0 Å². The molecule has 5 heteroatoms. The van der Waals surface area contributed by atoms with Crippen molar-refractivity contribution in [3.8, 4) is 0 Å². The molecule has 0 fully saturated rings. The number of unbranched alkanes of at least 4 members (excludes halogenated alkanes) is 24. The van der Waals surface area contributed by atoms with E-state index in [-0.39, 0.29) is 6.10 Å². The summed E-state index contributed by atoms with van der Waals surface area (Å²) in [7, 11) is 0. The molecule has 0 unspecified atom stereocenters. The van der Waals surface area contributed by atoms with Gasteiger partial charge in [0, 0.05) is 26.3 Å². The second-order valence-corrected chi connectivity index (χ2v) is 15.0. The Balaban J connectivity index is 3.89. The predicted molar refractivity (Wildman–Crippen MR) is 226 cm³/mol. The number of hydrogen-bond acceptors (Lipinski definition) is 5. The molecule has 5 nitrogen and oxygen atoms in total. The number of rotatable bonds is 44. The van der Waals surface area contributed by atoms with Crippen LogP contribution in [0.2, 0.25) is 0 Å². The number of likely N-dealkylation sites (N-methyl/N-ethyl adjacent to an activating group) is 1. The lowest BCUT2D eigenvalue weighted by atomic mass is 10.1. The van der Waals surface area contributed by atoms with Crippen LogP contribution < -0.4 is 5.32 Å². The summed E-state index contributed by atoms with van der Waals surface area (Å²) in [4.78, 5) is 2.43. The Labute approximate surface area is 320 Å². The lowest BCUT2D eigenvalue weighted by Crippen LogP contribution is -2.35. The molecular formula is C46H92N2O3. The molecule has 0 aliphatic carbocycles. The smallest absolute Gasteiger partial charge is 0.106 e. The van der Waals surface area contributed by atoms with Gasteiger partial charge < -0.3 is 19.1 Å². The summed E-state index contributed by atoms with van der Waals surface area (Å²) in [5.74, 6) is 0. The summed E-state index contributed by atoms with van der Waals surface area (Å²) in [5, 5.41) is 3.45. The molecule has 0 aromatic heterocycles. The Hall–Kier alpha value is -0.720. The quantitative estimate of drug-likeness (QED) is 0.0386. The van der Waals surface area contributed by atoms with Crippen molar-refractivity contribution < 1.29 is 14.2 Å². The van der Waals surface area contributed by atoms with E-state index in [1.807, 2.05) is 0 Å². The van der Waals surface area contributed by atoms with Crippen LogP contribution >= 0.6 is 0 Å². The minimum Gasteiger partial charge on any atom is -0.379 e. The Bertz CT molecular complexity index is 635. The second kappa shape index (κ2) is 45.4. The summed E-state index contributed by atoms with van der Waals surface area (Å²) >= 11 is 0. The molecule has 1 N–H and O–H groups in total. The second-order valence-electron chi connectivity index (χ2n) is 15.0. The zero-order valence-electron chi connectivity index (χ0n) is 35.2. The molecular weight excluding hydrogens is 629 g/mol. The minimum absolute atomic E-state index is 0.00539. The van der Waals surface area contributed by atoms with E-state index in [1.54, 1.807) is 0 Å². The Kier molecular flexibility index (Phi) is 44.8. The third-order valence-electron chi connectivity index (χ3n) is 10.1. The molecule has 0 saturated carbocycles. The SMILES string of the molecule is CCCCCCCC/C=C\CCCCCCCCOCC(COCCCCCCCC/C=C\CCCCCCCC)OCNCCN(CC)CC. The standard InChI is InChI=1S/C46H92N2O3/c1-5-9-11-13-15-17-19-21-23-25-27-29-31-33-35-37-41-49-43-46(51-45-47-39-40-48(7-3)8-4)44-50-42-38-36-34-32-30-28-26-24-22-20-18-16-14-12-10-6-2/h21-24,46-47H,5-20,25-45H2,1-4H3/b23-21-,24-22-. The maximum absolute atomic E-state index is 6.17. The third-order valence-corrected chi connectivity index (χ3v) is 10.1. The highest BCUT2D eigenvalue weighted by Crippen LogP contribution is 2.12. The number of allylic oxidation sites excluding steroid dienone is 4. The van der Waals surface area contributed by atoms with Gasteiger partial charge in [-0.05, 0) is 77.3 Å². The van der Waals surface area contributed by atoms with E-state index in [4.69, 9.17) is 14.2 Å². The van der Waals surface area contributed by atoms with Crippen LogP contribution in [0.3, 0.4) is 0 Å². The molecule has 51 heavy (non-hydrogen) atoms. The lowest BCUT2D eigenvalue weighted by Gasteiger charge is -2.20. The molecule has 0 bridgehead atoms. The van der Waals surface area contributed by atoms with Crippen LogP contribution in [0.1, 0.15) is 207 Å². The number of nitrogens with one attached hydrogen (secondary N) is 1. The Morgan fingerprint density at radius 2 is 0.804 bits per heavy atom. The van der Waals surface area contributed by atoms with E-state index < -0.39 is 0 Å². The first-order chi connectivity index (χ1) is 25.3. The minimum atomic E-state index is -0.00539. The maximum Gasteiger partial charge on any atom is 0.106 e. The van der Waals surface area contributed by atoms with E-state index in [0.29, 0.717) is 19.9 Å². The Morgan fingerprint density at radius 1 is 0.451 bits per heavy atom. The van der Waals surface area contributed by atoms with E-state index in [0.717, 1.165) is 52.2 Å². The molecule has 0 saturated heterocycles. The van der Waals surface area contributed by atoms with Crippen molar-refractivity contribution >= 4 is 0 Å². The van der Waals surface area contributed by atoms with Gasteiger partial charge >= 0.3 is 0 Å². The van der Waals surface area contributed by atoms with Gasteiger partial charge in [0.05, 0.1) is 19.9 Å². The monoisotopic (exact) mass is 721 g/mol. The molecule has 0 atom stereocenters. The lowest BCUT2D eigenvalue weighted by molar-refractivity contribution is -0.0658. The van der Waals surface area contributed by atoms with Crippen molar-refractivity contribution in [3.05, 3.63) is 24.3 Å². The summed E-state index contributed by atoms with van der Waals surface area (Å²) in [6.07, 6.45) is 47.0. The van der Waals surface area contributed by atoms with Crippen molar-refractivity contribution in [2.75, 3.05) is 59.3 Å². The zero-order chi connectivity index (χ0) is 37.0. The van der Waals surface area contributed by atoms with Gasteiger partial charge in [-0.15, -0.1) is 0 Å². The fourth-order valence-corrected chi connectivity index (χ4v) is 6.50. The van der Waals surface area contributed by atoms with Gasteiger partial charge in [0.15, 0.2) is 0 Å². The van der Waals surface area contributed by atoms with Gasteiger partial charge in [0.1, 0.15) is 6.10 Å². The van der Waals surface area contributed by atoms with Gasteiger partial charge in [-0.25, -0.2) is 0 Å². The highest BCUT2D eigenvalue weighted by atomic mass is 16.6. The highest BCUT2D eigenvalue weighted by molar-refractivity contribution is 4.82. The predicted octanol–water partition coefficient (Wildman–Crippen LogP) is 13.4. The normalized spacial score (nSPS) is 12.2. The summed E-state index contributed by atoms with van der Waals surface area (Å²) in [5.41, 5.74) is 0. The molecule has 0 aromatic rings. The summed E-state index contributed by atoms with van der Waals surface area (Å²) in [6, 6.07) is 0. The molecule has 0 spiro atoms. The molecule has 0 aromatic carbocycles. The van der Waals surface area contributed by atoms with Crippen LogP contribution in [0, 0.1) is 0 Å². The van der Waals surface area contributed by atoms with Crippen LogP contribution in [0.5, 0.6) is 0 Å². The van der Waals surface area contributed by atoms with Crippen molar-refractivity contribution in [1.29, 1.82) is 0 Å². The van der Waals surface area contributed by atoms with E-state index >= 15 is 0 Å². The molecule has 0 amide bonds. The highest BCUT2D eigenvalue weighted by Gasteiger charge is 2.10. The topological polar surface area (TPSA) is 43.0 Å². The molecule has 304 valence electrons. The molecule has 0 radical (unpaired) electrons. The van der Waals surface area contributed by atoms with Crippen LogP contribution in [-0.4, -0.2) is 70.3 Å². The van der Waals surface area contributed by atoms with E-state index in [9.17, 15) is 0 Å².